The third-order valence-corrected chi connectivity index (χ3v) is 6.03. The van der Waals surface area contributed by atoms with E-state index in [-0.39, 0.29) is 5.91 Å². The van der Waals surface area contributed by atoms with Crippen molar-refractivity contribution in [1.82, 2.24) is 9.55 Å². The average Bonchev–Trinajstić information content (AvgIpc) is 3.17. The van der Waals surface area contributed by atoms with Crippen LogP contribution in [0.2, 0.25) is 5.02 Å². The van der Waals surface area contributed by atoms with Crippen LogP contribution in [-0.4, -0.2) is 21.2 Å². The Bertz CT molecular complexity index is 781. The molecule has 1 aliphatic rings. The van der Waals surface area contributed by atoms with E-state index in [0.717, 1.165) is 22.1 Å². The van der Waals surface area contributed by atoms with E-state index in [4.69, 9.17) is 16.6 Å². The number of aryl methyl sites for hydroxylation is 2. The Balaban J connectivity index is 1.67. The highest BCUT2D eigenvalue weighted by molar-refractivity contribution is 7.99. The van der Waals surface area contributed by atoms with Crippen LogP contribution in [0.5, 0.6) is 0 Å². The molecular weight excluding hydrogens is 354 g/mol. The maximum Gasteiger partial charge on any atom is 0.234 e. The van der Waals surface area contributed by atoms with Gasteiger partial charge in [0.05, 0.1) is 11.4 Å². The van der Waals surface area contributed by atoms with Crippen molar-refractivity contribution in [2.24, 2.45) is 0 Å². The highest BCUT2D eigenvalue weighted by Gasteiger charge is 2.23. The lowest BCUT2D eigenvalue weighted by Gasteiger charge is -2.17. The summed E-state index contributed by atoms with van der Waals surface area (Å²) in [6, 6.07) is 6.01. The maximum atomic E-state index is 12.3. The summed E-state index contributed by atoms with van der Waals surface area (Å²) in [5.74, 6) is 0.330. The van der Waals surface area contributed by atoms with Crippen LogP contribution >= 0.6 is 23.4 Å². The first-order chi connectivity index (χ1) is 12.0. The summed E-state index contributed by atoms with van der Waals surface area (Å²) in [5, 5.41) is 4.60. The molecule has 1 fully saturated rings. The van der Waals surface area contributed by atoms with Crippen molar-refractivity contribution in [3.05, 3.63) is 40.2 Å². The highest BCUT2D eigenvalue weighted by Crippen LogP contribution is 2.35. The molecule has 0 spiro atoms. The summed E-state index contributed by atoms with van der Waals surface area (Å²) < 4.78 is 2.34. The van der Waals surface area contributed by atoms with Crippen molar-refractivity contribution in [2.75, 3.05) is 11.1 Å². The zero-order valence-electron chi connectivity index (χ0n) is 14.9. The predicted molar refractivity (Wildman–Crippen MR) is 105 cm³/mol. The molecule has 6 heteroatoms. The van der Waals surface area contributed by atoms with Crippen molar-refractivity contribution >= 4 is 35.0 Å². The summed E-state index contributed by atoms with van der Waals surface area (Å²) in [6.07, 6.45) is 4.98. The number of rotatable bonds is 5. The number of amides is 1. The van der Waals surface area contributed by atoms with Gasteiger partial charge in [-0.15, -0.1) is 0 Å². The Morgan fingerprint density at radius 2 is 2.04 bits per heavy atom. The van der Waals surface area contributed by atoms with Crippen LogP contribution < -0.4 is 5.32 Å². The molecule has 1 saturated carbocycles. The monoisotopic (exact) mass is 377 g/mol. The van der Waals surface area contributed by atoms with Gasteiger partial charge in [-0.05, 0) is 57.4 Å². The Labute approximate surface area is 158 Å². The minimum atomic E-state index is -0.0216. The molecule has 0 saturated heterocycles. The summed E-state index contributed by atoms with van der Waals surface area (Å²) in [4.78, 5) is 17.0. The first-order valence-electron chi connectivity index (χ1n) is 8.70. The first-order valence-corrected chi connectivity index (χ1v) is 10.1. The molecule has 3 rings (SSSR count). The number of thioether (sulfide) groups is 1. The fraction of sp³-hybridized carbons (Fsp3) is 0.474. The van der Waals surface area contributed by atoms with E-state index in [0.29, 0.717) is 16.8 Å². The van der Waals surface area contributed by atoms with E-state index in [1.807, 2.05) is 26.0 Å². The lowest BCUT2D eigenvalue weighted by Crippen LogP contribution is -2.16. The molecule has 4 nitrogen and oxygen atoms in total. The molecule has 134 valence electrons. The summed E-state index contributed by atoms with van der Waals surface area (Å²) in [6.45, 7) is 6.11. The first kappa shape index (κ1) is 18.3. The molecule has 1 heterocycles. The number of nitrogens with zero attached hydrogens (tertiary/aromatic N) is 2. The quantitative estimate of drug-likeness (QED) is 0.718. The number of hydrogen-bond acceptors (Lipinski definition) is 3. The Morgan fingerprint density at radius 1 is 1.32 bits per heavy atom. The molecule has 0 atom stereocenters. The van der Waals surface area contributed by atoms with Gasteiger partial charge in [-0.3, -0.25) is 4.79 Å². The fourth-order valence-corrected chi connectivity index (χ4v) is 4.56. The molecule has 1 aromatic carbocycles. The zero-order chi connectivity index (χ0) is 18.0. The summed E-state index contributed by atoms with van der Waals surface area (Å²) in [7, 11) is 0. The fourth-order valence-electron chi connectivity index (χ4n) is 3.37. The van der Waals surface area contributed by atoms with E-state index >= 15 is 0 Å². The molecule has 1 aliphatic carbocycles. The van der Waals surface area contributed by atoms with Gasteiger partial charge in [-0.25, -0.2) is 4.98 Å². The van der Waals surface area contributed by atoms with Gasteiger partial charge in [0.15, 0.2) is 5.16 Å². The minimum absolute atomic E-state index is 0.0216. The van der Waals surface area contributed by atoms with Crippen LogP contribution in [0.3, 0.4) is 0 Å². The van der Waals surface area contributed by atoms with Crippen molar-refractivity contribution in [3.63, 3.8) is 0 Å². The summed E-state index contributed by atoms with van der Waals surface area (Å²) >= 11 is 7.48. The van der Waals surface area contributed by atoms with E-state index in [9.17, 15) is 4.79 Å². The van der Waals surface area contributed by atoms with Crippen molar-refractivity contribution in [3.8, 4) is 0 Å². The number of imidazole rings is 1. The van der Waals surface area contributed by atoms with Crippen LogP contribution in [0.4, 0.5) is 5.69 Å². The van der Waals surface area contributed by atoms with Crippen LogP contribution in [0.15, 0.2) is 23.4 Å². The third-order valence-electron chi connectivity index (χ3n) is 4.84. The molecule has 0 unspecified atom stereocenters. The Hall–Kier alpha value is -1.46. The molecule has 2 aromatic rings. The highest BCUT2D eigenvalue weighted by atomic mass is 35.5. The van der Waals surface area contributed by atoms with Gasteiger partial charge in [-0.2, -0.15) is 0 Å². The lowest BCUT2D eigenvalue weighted by molar-refractivity contribution is -0.113. The van der Waals surface area contributed by atoms with Gasteiger partial charge in [0.1, 0.15) is 0 Å². The van der Waals surface area contributed by atoms with E-state index in [1.54, 1.807) is 6.07 Å². The Morgan fingerprint density at radius 3 is 2.72 bits per heavy atom. The lowest BCUT2D eigenvalue weighted by atomic mass is 10.2. The number of halogens is 1. The topological polar surface area (TPSA) is 46.9 Å². The minimum Gasteiger partial charge on any atom is -0.325 e. The molecule has 1 N–H and O–H groups in total. The normalized spacial score (nSPS) is 14.9. The molecular formula is C19H24ClN3OS. The number of nitrogens with one attached hydrogen (secondary N) is 1. The molecule has 0 aliphatic heterocycles. The smallest absolute Gasteiger partial charge is 0.234 e. The molecule has 1 amide bonds. The van der Waals surface area contributed by atoms with Crippen LogP contribution in [0.25, 0.3) is 0 Å². The predicted octanol–water partition coefficient (Wildman–Crippen LogP) is 5.31. The second-order valence-corrected chi connectivity index (χ2v) is 8.05. The number of hydrogen-bond donors (Lipinski definition) is 1. The average molecular weight is 378 g/mol. The maximum absolute atomic E-state index is 12.3. The second-order valence-electron chi connectivity index (χ2n) is 6.67. The standard InChI is InChI=1S/C19H24ClN3OS/c1-12-10-15(20)8-9-17(12)22-18(24)11-25-19-21-13(2)14(3)23(19)16-6-4-5-7-16/h8-10,16H,4-7,11H2,1-3H3,(H,22,24). The van der Waals surface area contributed by atoms with E-state index in [1.165, 1.54) is 43.1 Å². The number of carbonyl (C=O) groups is 1. The van der Waals surface area contributed by atoms with Gasteiger partial charge in [-0.1, -0.05) is 36.2 Å². The van der Waals surface area contributed by atoms with Crippen LogP contribution in [0.1, 0.15) is 48.7 Å². The van der Waals surface area contributed by atoms with E-state index < -0.39 is 0 Å². The van der Waals surface area contributed by atoms with Crippen molar-refractivity contribution in [1.29, 1.82) is 0 Å². The Kier molecular flexibility index (Phi) is 5.74. The molecule has 0 bridgehead atoms. The number of carbonyl (C=O) groups excluding carboxylic acids is 1. The molecule has 0 radical (unpaired) electrons. The molecule has 1 aromatic heterocycles. The van der Waals surface area contributed by atoms with Gasteiger partial charge >= 0.3 is 0 Å². The van der Waals surface area contributed by atoms with Crippen LogP contribution in [-0.2, 0) is 4.79 Å². The SMILES string of the molecule is Cc1cc(Cl)ccc1NC(=O)CSc1nc(C)c(C)n1C1CCCC1. The van der Waals surface area contributed by atoms with Crippen molar-refractivity contribution < 1.29 is 4.79 Å². The number of aromatic nitrogens is 2. The molecule has 25 heavy (non-hydrogen) atoms. The van der Waals surface area contributed by atoms with E-state index in [2.05, 4.69) is 16.8 Å². The van der Waals surface area contributed by atoms with Gasteiger partial charge in [0.2, 0.25) is 5.91 Å². The van der Waals surface area contributed by atoms with Gasteiger partial charge in [0, 0.05) is 22.4 Å². The second kappa shape index (κ2) is 7.83. The third kappa shape index (κ3) is 4.21. The number of benzene rings is 1. The summed E-state index contributed by atoms with van der Waals surface area (Å²) in [5.41, 5.74) is 4.05. The van der Waals surface area contributed by atoms with Gasteiger partial charge in [0.25, 0.3) is 0 Å². The number of anilines is 1. The van der Waals surface area contributed by atoms with Gasteiger partial charge < -0.3 is 9.88 Å². The largest absolute Gasteiger partial charge is 0.325 e. The zero-order valence-corrected chi connectivity index (χ0v) is 16.5. The van der Waals surface area contributed by atoms with Crippen LogP contribution in [0, 0.1) is 20.8 Å². The van der Waals surface area contributed by atoms with Crippen molar-refractivity contribution in [2.45, 2.75) is 57.7 Å².